The van der Waals surface area contributed by atoms with Crippen LogP contribution >= 0.6 is 0 Å². The molecule has 0 aromatic heterocycles. The Bertz CT molecular complexity index is 339. The Morgan fingerprint density at radius 2 is 2.31 bits per heavy atom. The normalized spacial score (nSPS) is 20.2. The van der Waals surface area contributed by atoms with Crippen LogP contribution in [-0.2, 0) is 14.3 Å². The van der Waals surface area contributed by atoms with E-state index in [1.807, 2.05) is 13.0 Å². The first-order valence-corrected chi connectivity index (χ1v) is 5.62. The third kappa shape index (κ3) is 3.05. The van der Waals surface area contributed by atoms with E-state index in [2.05, 4.69) is 6.58 Å². The van der Waals surface area contributed by atoms with Crippen LogP contribution in [0.3, 0.4) is 0 Å². The number of carbonyl (C=O) groups is 2. The minimum atomic E-state index is -0.387. The molecule has 0 aromatic carbocycles. The molecule has 3 nitrogen and oxygen atoms in total. The van der Waals surface area contributed by atoms with E-state index >= 15 is 0 Å². The summed E-state index contributed by atoms with van der Waals surface area (Å²) in [6, 6.07) is 0. The van der Waals surface area contributed by atoms with Gasteiger partial charge in [0.15, 0.2) is 5.78 Å². The van der Waals surface area contributed by atoms with Gasteiger partial charge in [-0.05, 0) is 38.7 Å². The van der Waals surface area contributed by atoms with Crippen LogP contribution < -0.4 is 0 Å². The molecule has 0 bridgehead atoms. The summed E-state index contributed by atoms with van der Waals surface area (Å²) in [5.41, 5.74) is 1.20. The summed E-state index contributed by atoms with van der Waals surface area (Å²) in [5.74, 6) is -0.346. The van der Waals surface area contributed by atoms with Crippen molar-refractivity contribution in [3.63, 3.8) is 0 Å². The number of esters is 1. The summed E-state index contributed by atoms with van der Waals surface area (Å²) < 4.78 is 4.84. The zero-order valence-electron chi connectivity index (χ0n) is 9.91. The molecule has 0 aromatic rings. The van der Waals surface area contributed by atoms with Crippen molar-refractivity contribution in [3.8, 4) is 0 Å². The number of hydrogen-bond acceptors (Lipinski definition) is 3. The minimum Gasteiger partial charge on any atom is -0.463 e. The predicted octanol–water partition coefficient (Wildman–Crippen LogP) is 2.42. The fourth-order valence-electron chi connectivity index (χ4n) is 1.86. The first-order chi connectivity index (χ1) is 7.56. The van der Waals surface area contributed by atoms with Crippen molar-refractivity contribution in [2.24, 2.45) is 5.92 Å². The Morgan fingerprint density at radius 1 is 1.62 bits per heavy atom. The average Bonchev–Trinajstić information content (AvgIpc) is 2.25. The molecule has 0 fully saturated rings. The smallest absolute Gasteiger partial charge is 0.333 e. The first kappa shape index (κ1) is 12.7. The highest BCUT2D eigenvalue weighted by Crippen LogP contribution is 2.25. The van der Waals surface area contributed by atoms with Crippen molar-refractivity contribution >= 4 is 11.8 Å². The van der Waals surface area contributed by atoms with Crippen molar-refractivity contribution in [1.29, 1.82) is 0 Å². The summed E-state index contributed by atoms with van der Waals surface area (Å²) in [4.78, 5) is 23.1. The monoisotopic (exact) mass is 222 g/mol. The molecule has 0 saturated carbocycles. The number of Topliss-reactive ketones (excluding diaryl/α,β-unsaturated/α-hetero) is 1. The summed E-state index contributed by atoms with van der Waals surface area (Å²) in [7, 11) is 0. The third-order valence-corrected chi connectivity index (χ3v) is 2.78. The van der Waals surface area contributed by atoms with Gasteiger partial charge in [-0.2, -0.15) is 0 Å². The second kappa shape index (κ2) is 5.64. The SMILES string of the molecule is C=C(CC1CCC=C(C)C1=O)C(=O)OCC. The van der Waals surface area contributed by atoms with Crippen LogP contribution in [0.5, 0.6) is 0 Å². The lowest BCUT2D eigenvalue weighted by atomic mass is 9.84. The van der Waals surface area contributed by atoms with E-state index in [0.717, 1.165) is 18.4 Å². The number of carbonyl (C=O) groups excluding carboxylic acids is 2. The van der Waals surface area contributed by atoms with E-state index in [1.165, 1.54) is 0 Å². The molecule has 1 unspecified atom stereocenters. The lowest BCUT2D eigenvalue weighted by Gasteiger charge is -2.19. The standard InChI is InChI=1S/C13H18O3/c1-4-16-13(15)10(3)8-11-7-5-6-9(2)12(11)14/h6,11H,3-5,7-8H2,1-2H3. The molecule has 1 rings (SSSR count). The van der Waals surface area contributed by atoms with Gasteiger partial charge < -0.3 is 4.74 Å². The quantitative estimate of drug-likeness (QED) is 0.542. The molecule has 3 heteroatoms. The minimum absolute atomic E-state index is 0.0955. The molecule has 0 spiro atoms. The van der Waals surface area contributed by atoms with E-state index in [-0.39, 0.29) is 17.7 Å². The number of allylic oxidation sites excluding steroid dienone is 2. The second-order valence-electron chi connectivity index (χ2n) is 4.05. The molecule has 0 amide bonds. The van der Waals surface area contributed by atoms with Gasteiger partial charge >= 0.3 is 5.97 Å². The van der Waals surface area contributed by atoms with E-state index in [9.17, 15) is 9.59 Å². The van der Waals surface area contributed by atoms with Crippen LogP contribution in [-0.4, -0.2) is 18.4 Å². The molecule has 1 aliphatic carbocycles. The molecule has 88 valence electrons. The Hall–Kier alpha value is -1.38. The van der Waals surface area contributed by atoms with Gasteiger partial charge in [0.25, 0.3) is 0 Å². The van der Waals surface area contributed by atoms with Crippen LogP contribution in [0.4, 0.5) is 0 Å². The van der Waals surface area contributed by atoms with E-state index in [0.29, 0.717) is 18.6 Å². The van der Waals surface area contributed by atoms with Crippen molar-refractivity contribution in [2.45, 2.75) is 33.1 Å². The highest BCUT2D eigenvalue weighted by atomic mass is 16.5. The molecule has 0 aliphatic heterocycles. The molecule has 0 heterocycles. The second-order valence-corrected chi connectivity index (χ2v) is 4.05. The maximum absolute atomic E-state index is 11.8. The van der Waals surface area contributed by atoms with Crippen molar-refractivity contribution in [1.82, 2.24) is 0 Å². The summed E-state index contributed by atoms with van der Waals surface area (Å²) >= 11 is 0. The van der Waals surface area contributed by atoms with Gasteiger partial charge in [0.05, 0.1) is 6.61 Å². The lowest BCUT2D eigenvalue weighted by Crippen LogP contribution is -2.21. The van der Waals surface area contributed by atoms with Crippen LogP contribution in [0.2, 0.25) is 0 Å². The average molecular weight is 222 g/mol. The van der Waals surface area contributed by atoms with E-state index in [4.69, 9.17) is 4.74 Å². The highest BCUT2D eigenvalue weighted by Gasteiger charge is 2.25. The van der Waals surface area contributed by atoms with Crippen molar-refractivity contribution < 1.29 is 14.3 Å². The van der Waals surface area contributed by atoms with Gasteiger partial charge in [0, 0.05) is 11.5 Å². The van der Waals surface area contributed by atoms with Gasteiger partial charge in [-0.25, -0.2) is 4.79 Å². The number of rotatable bonds is 4. The molecule has 0 radical (unpaired) electrons. The maximum Gasteiger partial charge on any atom is 0.333 e. The fourth-order valence-corrected chi connectivity index (χ4v) is 1.86. The first-order valence-electron chi connectivity index (χ1n) is 5.62. The maximum atomic E-state index is 11.8. The Morgan fingerprint density at radius 3 is 2.94 bits per heavy atom. The predicted molar refractivity (Wildman–Crippen MR) is 61.9 cm³/mol. The molecule has 1 atom stereocenters. The van der Waals surface area contributed by atoms with Crippen molar-refractivity contribution in [3.05, 3.63) is 23.8 Å². The number of hydrogen-bond donors (Lipinski definition) is 0. The van der Waals surface area contributed by atoms with Gasteiger partial charge in [-0.3, -0.25) is 4.79 Å². The van der Waals surface area contributed by atoms with Crippen LogP contribution in [0.1, 0.15) is 33.1 Å². The lowest BCUT2D eigenvalue weighted by molar-refractivity contribution is -0.138. The van der Waals surface area contributed by atoms with Crippen molar-refractivity contribution in [2.75, 3.05) is 6.61 Å². The van der Waals surface area contributed by atoms with E-state index in [1.54, 1.807) is 6.92 Å². The molecular weight excluding hydrogens is 204 g/mol. The van der Waals surface area contributed by atoms with Gasteiger partial charge in [0.2, 0.25) is 0 Å². The number of ether oxygens (including phenoxy) is 1. The van der Waals surface area contributed by atoms with Crippen LogP contribution in [0.15, 0.2) is 23.8 Å². The topological polar surface area (TPSA) is 43.4 Å². The van der Waals surface area contributed by atoms with Crippen LogP contribution in [0.25, 0.3) is 0 Å². The molecule has 0 saturated heterocycles. The van der Waals surface area contributed by atoms with Crippen LogP contribution in [0, 0.1) is 5.92 Å². The molecule has 0 N–H and O–H groups in total. The molecule has 1 aliphatic rings. The fraction of sp³-hybridized carbons (Fsp3) is 0.538. The molecular formula is C13H18O3. The highest BCUT2D eigenvalue weighted by molar-refractivity contribution is 5.98. The summed E-state index contributed by atoms with van der Waals surface area (Å²) in [5, 5.41) is 0. The number of ketones is 1. The zero-order valence-corrected chi connectivity index (χ0v) is 9.91. The Balaban J connectivity index is 2.55. The summed E-state index contributed by atoms with van der Waals surface area (Å²) in [6.45, 7) is 7.60. The largest absolute Gasteiger partial charge is 0.463 e. The van der Waals surface area contributed by atoms with Gasteiger partial charge in [-0.1, -0.05) is 12.7 Å². The Kier molecular flexibility index (Phi) is 4.47. The van der Waals surface area contributed by atoms with E-state index < -0.39 is 0 Å². The molecule has 16 heavy (non-hydrogen) atoms. The summed E-state index contributed by atoms with van der Waals surface area (Å²) in [6.07, 6.45) is 4.07. The zero-order chi connectivity index (χ0) is 12.1. The third-order valence-electron chi connectivity index (χ3n) is 2.78. The van der Waals surface area contributed by atoms with Gasteiger partial charge in [-0.15, -0.1) is 0 Å². The Labute approximate surface area is 96.2 Å². The van der Waals surface area contributed by atoms with Gasteiger partial charge in [0.1, 0.15) is 0 Å².